The van der Waals surface area contributed by atoms with Crippen molar-refractivity contribution in [1.82, 2.24) is 10.5 Å². The van der Waals surface area contributed by atoms with Crippen LogP contribution in [0.5, 0.6) is 0 Å². The van der Waals surface area contributed by atoms with Crippen LogP contribution in [0.2, 0.25) is 0 Å². The van der Waals surface area contributed by atoms with Gasteiger partial charge in [-0.2, -0.15) is 0 Å². The monoisotopic (exact) mass is 373 g/mol. The van der Waals surface area contributed by atoms with Gasteiger partial charge >= 0.3 is 0 Å². The van der Waals surface area contributed by atoms with E-state index in [9.17, 15) is 14.7 Å². The van der Waals surface area contributed by atoms with Gasteiger partial charge in [0.1, 0.15) is 12.1 Å². The Bertz CT molecular complexity index is 765. The molecule has 2 atom stereocenters. The van der Waals surface area contributed by atoms with Gasteiger partial charge in [0.25, 0.3) is 0 Å². The highest BCUT2D eigenvalue weighted by Crippen LogP contribution is 2.22. The smallest absolute Gasteiger partial charge is 0.250 e. The third kappa shape index (κ3) is 5.65. The first kappa shape index (κ1) is 20.6. The first-order valence-electron chi connectivity index (χ1n) is 9.03. The maximum atomic E-state index is 12.6. The predicted octanol–water partition coefficient (Wildman–Crippen LogP) is 2.97. The Morgan fingerprint density at radius 2 is 1.85 bits per heavy atom. The second kappa shape index (κ2) is 8.81. The fraction of sp³-hybridized carbons (Fsp3) is 0.450. The Hall–Kier alpha value is -2.67. The SMILES string of the molecule is CCCC(NC(=O)C(O)C(C)(C)C)C(=O)Nc1cc(-c2ccccc2)on1. The Kier molecular flexibility index (Phi) is 6.74. The van der Waals surface area contributed by atoms with Crippen molar-refractivity contribution in [2.45, 2.75) is 52.7 Å². The lowest BCUT2D eigenvalue weighted by atomic mass is 9.88. The number of aliphatic hydroxyl groups excluding tert-OH is 1. The number of carbonyl (C=O) groups is 2. The molecule has 3 N–H and O–H groups in total. The quantitative estimate of drug-likeness (QED) is 0.692. The first-order chi connectivity index (χ1) is 12.7. The number of benzene rings is 1. The summed E-state index contributed by atoms with van der Waals surface area (Å²) in [6, 6.07) is 10.3. The molecule has 2 rings (SSSR count). The summed E-state index contributed by atoms with van der Waals surface area (Å²) in [6.07, 6.45) is -0.0722. The van der Waals surface area contributed by atoms with Crippen LogP contribution >= 0.6 is 0 Å². The van der Waals surface area contributed by atoms with Crippen LogP contribution < -0.4 is 10.6 Å². The van der Waals surface area contributed by atoms with Crippen molar-refractivity contribution in [2.24, 2.45) is 5.41 Å². The van der Waals surface area contributed by atoms with Gasteiger partial charge in [-0.1, -0.05) is 69.6 Å². The number of carbonyl (C=O) groups excluding carboxylic acids is 2. The third-order valence-electron chi connectivity index (χ3n) is 4.10. The third-order valence-corrected chi connectivity index (χ3v) is 4.10. The number of rotatable bonds is 7. The average molecular weight is 373 g/mol. The molecule has 2 aromatic rings. The van der Waals surface area contributed by atoms with E-state index >= 15 is 0 Å². The molecule has 0 saturated heterocycles. The molecule has 0 radical (unpaired) electrons. The summed E-state index contributed by atoms with van der Waals surface area (Å²) in [4.78, 5) is 24.8. The molecule has 1 heterocycles. The summed E-state index contributed by atoms with van der Waals surface area (Å²) in [7, 11) is 0. The number of anilines is 1. The molecule has 1 aromatic carbocycles. The normalized spacial score (nSPS) is 13.7. The number of aromatic nitrogens is 1. The zero-order valence-corrected chi connectivity index (χ0v) is 16.2. The fourth-order valence-corrected chi connectivity index (χ4v) is 2.49. The van der Waals surface area contributed by atoms with E-state index in [0.717, 1.165) is 5.56 Å². The lowest BCUT2D eigenvalue weighted by molar-refractivity contribution is -0.137. The summed E-state index contributed by atoms with van der Waals surface area (Å²) in [5, 5.41) is 19.2. The van der Waals surface area contributed by atoms with E-state index in [0.29, 0.717) is 18.6 Å². The maximum Gasteiger partial charge on any atom is 0.250 e. The molecule has 2 unspecified atom stereocenters. The molecule has 0 spiro atoms. The van der Waals surface area contributed by atoms with Crippen LogP contribution in [0.3, 0.4) is 0 Å². The zero-order chi connectivity index (χ0) is 20.0. The largest absolute Gasteiger partial charge is 0.383 e. The van der Waals surface area contributed by atoms with Gasteiger partial charge in [0.15, 0.2) is 11.6 Å². The van der Waals surface area contributed by atoms with Gasteiger partial charge in [-0.05, 0) is 11.8 Å². The minimum atomic E-state index is -1.21. The first-order valence-corrected chi connectivity index (χ1v) is 9.03. The summed E-state index contributed by atoms with van der Waals surface area (Å²) in [6.45, 7) is 7.18. The summed E-state index contributed by atoms with van der Waals surface area (Å²) in [5.74, 6) is -0.170. The van der Waals surface area contributed by atoms with Crippen LogP contribution in [-0.2, 0) is 9.59 Å². The van der Waals surface area contributed by atoms with Crippen molar-refractivity contribution in [1.29, 1.82) is 0 Å². The van der Waals surface area contributed by atoms with Gasteiger partial charge in [0.2, 0.25) is 11.8 Å². The van der Waals surface area contributed by atoms with Gasteiger partial charge in [0.05, 0.1) is 0 Å². The van der Waals surface area contributed by atoms with Crippen LogP contribution in [0.25, 0.3) is 11.3 Å². The number of nitrogens with zero attached hydrogens (tertiary/aromatic N) is 1. The number of hydrogen-bond donors (Lipinski definition) is 3. The van der Waals surface area contributed by atoms with Crippen LogP contribution in [0.4, 0.5) is 5.82 Å². The van der Waals surface area contributed by atoms with E-state index in [-0.39, 0.29) is 5.82 Å². The minimum Gasteiger partial charge on any atom is -0.383 e. The van der Waals surface area contributed by atoms with Crippen molar-refractivity contribution in [2.75, 3.05) is 5.32 Å². The van der Waals surface area contributed by atoms with Crippen molar-refractivity contribution in [3.05, 3.63) is 36.4 Å². The van der Waals surface area contributed by atoms with Gasteiger partial charge in [0, 0.05) is 11.6 Å². The van der Waals surface area contributed by atoms with E-state index in [4.69, 9.17) is 4.52 Å². The average Bonchev–Trinajstić information content (AvgIpc) is 3.09. The Morgan fingerprint density at radius 1 is 1.19 bits per heavy atom. The predicted molar refractivity (Wildman–Crippen MR) is 103 cm³/mol. The van der Waals surface area contributed by atoms with Crippen LogP contribution in [-0.4, -0.2) is 34.2 Å². The van der Waals surface area contributed by atoms with Crippen LogP contribution in [0.1, 0.15) is 40.5 Å². The van der Waals surface area contributed by atoms with Crippen molar-refractivity contribution in [3.8, 4) is 11.3 Å². The fourth-order valence-electron chi connectivity index (χ4n) is 2.49. The molecule has 2 amide bonds. The molecule has 1 aromatic heterocycles. The summed E-state index contributed by atoms with van der Waals surface area (Å²) in [5.41, 5.74) is 0.228. The topological polar surface area (TPSA) is 104 Å². The van der Waals surface area contributed by atoms with Crippen molar-refractivity contribution < 1.29 is 19.2 Å². The maximum absolute atomic E-state index is 12.6. The molecule has 7 heteroatoms. The van der Waals surface area contributed by atoms with E-state index in [2.05, 4.69) is 15.8 Å². The number of hydrogen-bond acceptors (Lipinski definition) is 5. The van der Waals surface area contributed by atoms with Gasteiger partial charge in [-0.15, -0.1) is 0 Å². The van der Waals surface area contributed by atoms with E-state index in [1.807, 2.05) is 37.3 Å². The van der Waals surface area contributed by atoms with E-state index in [1.54, 1.807) is 26.8 Å². The molecule has 0 aliphatic rings. The molecular formula is C20H27N3O4. The van der Waals surface area contributed by atoms with Gasteiger partial charge < -0.3 is 20.3 Å². The molecule has 0 fully saturated rings. The lowest BCUT2D eigenvalue weighted by Gasteiger charge is -2.26. The summed E-state index contributed by atoms with van der Waals surface area (Å²) >= 11 is 0. The van der Waals surface area contributed by atoms with Crippen molar-refractivity contribution >= 4 is 17.6 Å². The molecule has 0 aliphatic heterocycles. The van der Waals surface area contributed by atoms with E-state index < -0.39 is 29.4 Å². The van der Waals surface area contributed by atoms with Gasteiger partial charge in [-0.3, -0.25) is 9.59 Å². The Morgan fingerprint density at radius 3 is 2.44 bits per heavy atom. The number of amides is 2. The number of aliphatic hydroxyl groups is 1. The summed E-state index contributed by atoms with van der Waals surface area (Å²) < 4.78 is 5.26. The molecule has 0 aliphatic carbocycles. The number of nitrogens with one attached hydrogen (secondary N) is 2. The van der Waals surface area contributed by atoms with Crippen LogP contribution in [0.15, 0.2) is 40.9 Å². The molecular weight excluding hydrogens is 346 g/mol. The Balaban J connectivity index is 2.05. The standard InChI is InChI=1S/C20H27N3O4/c1-5-9-14(21-19(26)17(24)20(2,3)4)18(25)22-16-12-15(27-23-16)13-10-7-6-8-11-13/h6-8,10-12,14,17,24H,5,9H2,1-4H3,(H,21,26)(H,22,23,25). The van der Waals surface area contributed by atoms with Crippen molar-refractivity contribution in [3.63, 3.8) is 0 Å². The van der Waals surface area contributed by atoms with Crippen LogP contribution in [0, 0.1) is 5.41 Å². The highest BCUT2D eigenvalue weighted by Gasteiger charge is 2.31. The minimum absolute atomic E-state index is 0.269. The zero-order valence-electron chi connectivity index (χ0n) is 16.2. The molecule has 7 nitrogen and oxygen atoms in total. The van der Waals surface area contributed by atoms with E-state index in [1.165, 1.54) is 0 Å². The highest BCUT2D eigenvalue weighted by molar-refractivity contribution is 5.97. The molecule has 0 bridgehead atoms. The highest BCUT2D eigenvalue weighted by atomic mass is 16.5. The Labute approximate surface area is 159 Å². The van der Waals surface area contributed by atoms with Gasteiger partial charge in [-0.25, -0.2) is 0 Å². The molecule has 0 saturated carbocycles. The molecule has 146 valence electrons. The lowest BCUT2D eigenvalue weighted by Crippen LogP contribution is -2.50. The second-order valence-corrected chi connectivity index (χ2v) is 7.55. The molecule has 27 heavy (non-hydrogen) atoms. The second-order valence-electron chi connectivity index (χ2n) is 7.55.